The number of hydrogen-bond donors (Lipinski definition) is 1. The van der Waals surface area contributed by atoms with Gasteiger partial charge in [-0.05, 0) is 30.4 Å². The predicted octanol–water partition coefficient (Wildman–Crippen LogP) is 3.85. The van der Waals surface area contributed by atoms with Gasteiger partial charge in [-0.1, -0.05) is 26.8 Å². The Kier molecular flexibility index (Phi) is 4.22. The summed E-state index contributed by atoms with van der Waals surface area (Å²) >= 11 is 0. The molecular weight excluding hydrogens is 198 g/mol. The predicted molar refractivity (Wildman–Crippen MR) is 70.3 cm³/mol. The maximum absolute atomic E-state index is 5.30. The fraction of sp³-hybridized carbons (Fsp3) is 0.571. The SMILES string of the molecule is CCC(C)(C)CNc1ccc(C)c(OC)c1. The van der Waals surface area contributed by atoms with Gasteiger partial charge in [-0.15, -0.1) is 0 Å². The number of aryl methyl sites for hydroxylation is 1. The minimum Gasteiger partial charge on any atom is -0.496 e. The van der Waals surface area contributed by atoms with Crippen LogP contribution in [0.2, 0.25) is 0 Å². The Morgan fingerprint density at radius 3 is 2.56 bits per heavy atom. The molecule has 1 N–H and O–H groups in total. The third-order valence-corrected chi connectivity index (χ3v) is 3.14. The van der Waals surface area contributed by atoms with Crippen molar-refractivity contribution >= 4 is 5.69 Å². The number of nitrogens with one attached hydrogen (secondary N) is 1. The van der Waals surface area contributed by atoms with E-state index in [1.54, 1.807) is 7.11 Å². The Bertz CT molecular complexity index is 345. The Morgan fingerprint density at radius 1 is 1.31 bits per heavy atom. The highest BCUT2D eigenvalue weighted by Crippen LogP contribution is 2.24. The van der Waals surface area contributed by atoms with Gasteiger partial charge in [0.1, 0.15) is 5.75 Å². The van der Waals surface area contributed by atoms with E-state index in [9.17, 15) is 0 Å². The van der Waals surface area contributed by atoms with Crippen molar-refractivity contribution in [2.45, 2.75) is 34.1 Å². The van der Waals surface area contributed by atoms with Crippen LogP contribution in [0.5, 0.6) is 5.75 Å². The zero-order valence-electron chi connectivity index (χ0n) is 11.1. The lowest BCUT2D eigenvalue weighted by Gasteiger charge is -2.23. The van der Waals surface area contributed by atoms with E-state index in [1.165, 1.54) is 12.0 Å². The molecule has 0 unspecified atom stereocenters. The van der Waals surface area contributed by atoms with Crippen molar-refractivity contribution in [2.75, 3.05) is 19.0 Å². The van der Waals surface area contributed by atoms with Gasteiger partial charge in [0, 0.05) is 18.3 Å². The normalized spacial score (nSPS) is 11.3. The Balaban J connectivity index is 2.68. The van der Waals surface area contributed by atoms with Gasteiger partial charge in [-0.25, -0.2) is 0 Å². The highest BCUT2D eigenvalue weighted by molar-refractivity contribution is 5.51. The first-order valence-electron chi connectivity index (χ1n) is 5.87. The second kappa shape index (κ2) is 5.24. The van der Waals surface area contributed by atoms with Gasteiger partial charge in [0.25, 0.3) is 0 Å². The molecule has 1 rings (SSSR count). The summed E-state index contributed by atoms with van der Waals surface area (Å²) in [6.45, 7) is 9.79. The first-order valence-corrected chi connectivity index (χ1v) is 5.87. The van der Waals surface area contributed by atoms with Crippen molar-refractivity contribution in [3.05, 3.63) is 23.8 Å². The van der Waals surface area contributed by atoms with Crippen LogP contribution in [0, 0.1) is 12.3 Å². The Hall–Kier alpha value is -1.18. The molecule has 0 saturated carbocycles. The van der Waals surface area contributed by atoms with Crippen LogP contribution in [-0.4, -0.2) is 13.7 Å². The summed E-state index contributed by atoms with van der Waals surface area (Å²) in [6, 6.07) is 6.24. The highest BCUT2D eigenvalue weighted by atomic mass is 16.5. The molecule has 0 aromatic heterocycles. The quantitative estimate of drug-likeness (QED) is 0.815. The molecule has 16 heavy (non-hydrogen) atoms. The van der Waals surface area contributed by atoms with E-state index in [-0.39, 0.29) is 0 Å². The monoisotopic (exact) mass is 221 g/mol. The molecule has 0 radical (unpaired) electrons. The lowest BCUT2D eigenvalue weighted by atomic mass is 9.90. The average molecular weight is 221 g/mol. The zero-order chi connectivity index (χ0) is 12.2. The largest absolute Gasteiger partial charge is 0.496 e. The van der Waals surface area contributed by atoms with E-state index < -0.39 is 0 Å². The van der Waals surface area contributed by atoms with Gasteiger partial charge < -0.3 is 10.1 Å². The van der Waals surface area contributed by atoms with E-state index in [4.69, 9.17) is 4.74 Å². The molecular formula is C14H23NO. The minimum absolute atomic E-state index is 0.331. The van der Waals surface area contributed by atoms with E-state index in [1.807, 2.05) is 0 Å². The van der Waals surface area contributed by atoms with Crippen LogP contribution in [0.4, 0.5) is 5.69 Å². The van der Waals surface area contributed by atoms with Crippen molar-refractivity contribution in [1.29, 1.82) is 0 Å². The molecule has 0 fully saturated rings. The topological polar surface area (TPSA) is 21.3 Å². The van der Waals surface area contributed by atoms with Gasteiger partial charge >= 0.3 is 0 Å². The van der Waals surface area contributed by atoms with Gasteiger partial charge in [-0.2, -0.15) is 0 Å². The van der Waals surface area contributed by atoms with E-state index in [2.05, 4.69) is 51.2 Å². The summed E-state index contributed by atoms with van der Waals surface area (Å²) in [5.74, 6) is 0.944. The van der Waals surface area contributed by atoms with Gasteiger partial charge in [0.15, 0.2) is 0 Å². The average Bonchev–Trinajstić information content (AvgIpc) is 2.28. The summed E-state index contributed by atoms with van der Waals surface area (Å²) in [5.41, 5.74) is 2.63. The fourth-order valence-electron chi connectivity index (χ4n) is 1.40. The lowest BCUT2D eigenvalue weighted by Crippen LogP contribution is -2.21. The van der Waals surface area contributed by atoms with Crippen LogP contribution in [0.1, 0.15) is 32.8 Å². The van der Waals surface area contributed by atoms with Crippen molar-refractivity contribution in [3.63, 3.8) is 0 Å². The van der Waals surface area contributed by atoms with Crippen LogP contribution in [0.25, 0.3) is 0 Å². The summed E-state index contributed by atoms with van der Waals surface area (Å²) in [6.07, 6.45) is 1.17. The lowest BCUT2D eigenvalue weighted by molar-refractivity contribution is 0.376. The van der Waals surface area contributed by atoms with Crippen LogP contribution < -0.4 is 10.1 Å². The summed E-state index contributed by atoms with van der Waals surface area (Å²) in [5, 5.41) is 3.46. The number of hydrogen-bond acceptors (Lipinski definition) is 2. The molecule has 0 atom stereocenters. The Labute approximate surface area is 99.0 Å². The van der Waals surface area contributed by atoms with Crippen LogP contribution in [-0.2, 0) is 0 Å². The van der Waals surface area contributed by atoms with Crippen molar-refractivity contribution in [2.24, 2.45) is 5.41 Å². The second-order valence-electron chi connectivity index (χ2n) is 5.06. The smallest absolute Gasteiger partial charge is 0.123 e. The van der Waals surface area contributed by atoms with Crippen molar-refractivity contribution in [3.8, 4) is 5.75 Å². The summed E-state index contributed by atoms with van der Waals surface area (Å²) < 4.78 is 5.30. The van der Waals surface area contributed by atoms with Gasteiger partial charge in [0.05, 0.1) is 7.11 Å². The molecule has 1 aromatic carbocycles. The third kappa shape index (κ3) is 3.44. The maximum Gasteiger partial charge on any atom is 0.123 e. The fourth-order valence-corrected chi connectivity index (χ4v) is 1.40. The molecule has 0 heterocycles. The number of ether oxygens (including phenoxy) is 1. The van der Waals surface area contributed by atoms with E-state index in [0.29, 0.717) is 5.41 Å². The van der Waals surface area contributed by atoms with Crippen LogP contribution in [0.3, 0.4) is 0 Å². The molecule has 1 aromatic rings. The molecule has 0 saturated heterocycles. The van der Waals surface area contributed by atoms with Crippen molar-refractivity contribution in [1.82, 2.24) is 0 Å². The molecule has 2 nitrogen and oxygen atoms in total. The maximum atomic E-state index is 5.30. The van der Waals surface area contributed by atoms with E-state index in [0.717, 1.165) is 18.0 Å². The number of rotatable bonds is 5. The van der Waals surface area contributed by atoms with E-state index >= 15 is 0 Å². The van der Waals surface area contributed by atoms with Crippen LogP contribution in [0.15, 0.2) is 18.2 Å². The Morgan fingerprint density at radius 2 is 2.00 bits per heavy atom. The molecule has 2 heteroatoms. The van der Waals surface area contributed by atoms with Crippen molar-refractivity contribution < 1.29 is 4.74 Å². The molecule has 0 amide bonds. The molecule has 90 valence electrons. The minimum atomic E-state index is 0.331. The highest BCUT2D eigenvalue weighted by Gasteiger charge is 2.14. The second-order valence-corrected chi connectivity index (χ2v) is 5.06. The first kappa shape index (κ1) is 12.9. The van der Waals surface area contributed by atoms with Crippen LogP contribution >= 0.6 is 0 Å². The number of methoxy groups -OCH3 is 1. The molecule has 0 aliphatic heterocycles. The molecule has 0 aliphatic carbocycles. The molecule has 0 spiro atoms. The summed E-state index contributed by atoms with van der Waals surface area (Å²) in [7, 11) is 1.71. The summed E-state index contributed by atoms with van der Waals surface area (Å²) in [4.78, 5) is 0. The number of benzene rings is 1. The molecule has 0 bridgehead atoms. The van der Waals surface area contributed by atoms with Gasteiger partial charge in [0.2, 0.25) is 0 Å². The number of anilines is 1. The first-order chi connectivity index (χ1) is 7.48. The van der Waals surface area contributed by atoms with Gasteiger partial charge in [-0.3, -0.25) is 0 Å². The standard InChI is InChI=1S/C14H23NO/c1-6-14(3,4)10-15-12-8-7-11(2)13(9-12)16-5/h7-9,15H,6,10H2,1-5H3. The third-order valence-electron chi connectivity index (χ3n) is 3.14. The molecule has 0 aliphatic rings. The zero-order valence-corrected chi connectivity index (χ0v) is 11.1.